The molecule has 0 amide bonds. The molecule has 0 aromatic rings. The fourth-order valence-electron chi connectivity index (χ4n) is 2.38. The van der Waals surface area contributed by atoms with E-state index in [2.05, 4.69) is 33.9 Å². The van der Waals surface area contributed by atoms with Gasteiger partial charge in [0.2, 0.25) is 0 Å². The molecular weight excluding hydrogens is 218 g/mol. The molecule has 1 N–H and O–H groups in total. The molecule has 0 spiro atoms. The van der Waals surface area contributed by atoms with Gasteiger partial charge in [-0.2, -0.15) is 11.8 Å². The second kappa shape index (κ2) is 6.84. The van der Waals surface area contributed by atoms with Gasteiger partial charge >= 0.3 is 0 Å². The predicted molar refractivity (Wildman–Crippen MR) is 72.3 cm³/mol. The molecule has 94 valence electrons. The summed E-state index contributed by atoms with van der Waals surface area (Å²) in [6.45, 7) is 7.49. The Balaban J connectivity index is 1.48. The first-order chi connectivity index (χ1) is 7.84. The molecule has 2 aliphatic heterocycles. The van der Waals surface area contributed by atoms with Crippen LogP contribution in [0.4, 0.5) is 0 Å². The van der Waals surface area contributed by atoms with Crippen LogP contribution < -0.4 is 5.32 Å². The second-order valence-electron chi connectivity index (χ2n) is 5.01. The molecule has 0 bridgehead atoms. The Hall–Kier alpha value is 0.230. The fraction of sp³-hybridized carbons (Fsp3) is 1.00. The molecule has 2 aliphatic rings. The SMILES string of the molecule is CN1CCN(CCCNC2CCSC2)CC1. The number of nitrogens with one attached hydrogen (secondary N) is 1. The minimum Gasteiger partial charge on any atom is -0.313 e. The summed E-state index contributed by atoms with van der Waals surface area (Å²) in [5, 5.41) is 3.67. The van der Waals surface area contributed by atoms with E-state index in [1.165, 1.54) is 63.6 Å². The normalized spacial score (nSPS) is 28.7. The van der Waals surface area contributed by atoms with E-state index in [0.717, 1.165) is 6.04 Å². The molecule has 0 aliphatic carbocycles. The van der Waals surface area contributed by atoms with Gasteiger partial charge in [0.15, 0.2) is 0 Å². The van der Waals surface area contributed by atoms with Crippen molar-refractivity contribution in [3.8, 4) is 0 Å². The highest BCUT2D eigenvalue weighted by Gasteiger charge is 2.15. The van der Waals surface area contributed by atoms with Gasteiger partial charge in [-0.1, -0.05) is 0 Å². The number of hydrogen-bond acceptors (Lipinski definition) is 4. The summed E-state index contributed by atoms with van der Waals surface area (Å²) in [5.74, 6) is 2.69. The molecule has 3 nitrogen and oxygen atoms in total. The summed E-state index contributed by atoms with van der Waals surface area (Å²) in [6.07, 6.45) is 2.68. The quantitative estimate of drug-likeness (QED) is 0.717. The molecule has 4 heteroatoms. The first-order valence-electron chi connectivity index (χ1n) is 6.56. The van der Waals surface area contributed by atoms with Crippen molar-refractivity contribution < 1.29 is 0 Å². The summed E-state index contributed by atoms with van der Waals surface area (Å²) in [6, 6.07) is 0.803. The highest BCUT2D eigenvalue weighted by Crippen LogP contribution is 2.16. The molecule has 0 aromatic heterocycles. The van der Waals surface area contributed by atoms with Gasteiger partial charge in [0, 0.05) is 38.0 Å². The van der Waals surface area contributed by atoms with Crippen LogP contribution in [-0.2, 0) is 0 Å². The van der Waals surface area contributed by atoms with Crippen molar-refractivity contribution in [1.29, 1.82) is 0 Å². The summed E-state index contributed by atoms with van der Waals surface area (Å²) >= 11 is 2.09. The molecule has 2 rings (SSSR count). The van der Waals surface area contributed by atoms with E-state index in [1.54, 1.807) is 0 Å². The van der Waals surface area contributed by atoms with E-state index < -0.39 is 0 Å². The first-order valence-corrected chi connectivity index (χ1v) is 7.72. The van der Waals surface area contributed by atoms with Crippen molar-refractivity contribution in [1.82, 2.24) is 15.1 Å². The zero-order valence-electron chi connectivity index (χ0n) is 10.5. The van der Waals surface area contributed by atoms with E-state index in [0.29, 0.717) is 0 Å². The molecule has 2 saturated heterocycles. The summed E-state index contributed by atoms with van der Waals surface area (Å²) in [5.41, 5.74) is 0. The van der Waals surface area contributed by atoms with E-state index in [9.17, 15) is 0 Å². The lowest BCUT2D eigenvalue weighted by Gasteiger charge is -2.32. The van der Waals surface area contributed by atoms with Crippen molar-refractivity contribution in [3.05, 3.63) is 0 Å². The minimum atomic E-state index is 0.803. The number of rotatable bonds is 5. The Morgan fingerprint density at radius 2 is 2.06 bits per heavy atom. The Morgan fingerprint density at radius 3 is 2.75 bits per heavy atom. The van der Waals surface area contributed by atoms with Crippen molar-refractivity contribution in [2.75, 3.05) is 57.8 Å². The largest absolute Gasteiger partial charge is 0.313 e. The molecule has 1 unspecified atom stereocenters. The van der Waals surface area contributed by atoms with Crippen molar-refractivity contribution in [2.24, 2.45) is 0 Å². The van der Waals surface area contributed by atoms with Gasteiger partial charge in [-0.3, -0.25) is 0 Å². The molecule has 2 fully saturated rings. The maximum atomic E-state index is 3.67. The molecular formula is C12H25N3S. The highest BCUT2D eigenvalue weighted by molar-refractivity contribution is 7.99. The third kappa shape index (κ3) is 4.24. The number of nitrogens with zero attached hydrogens (tertiary/aromatic N) is 2. The predicted octanol–water partition coefficient (Wildman–Crippen LogP) is 0.719. The van der Waals surface area contributed by atoms with Crippen LogP contribution in [0.15, 0.2) is 0 Å². The standard InChI is InChI=1S/C12H25N3S/c1-14-6-8-15(9-7-14)5-2-4-13-12-3-10-16-11-12/h12-13H,2-11H2,1H3. The summed E-state index contributed by atoms with van der Waals surface area (Å²) in [7, 11) is 2.22. The fourth-order valence-corrected chi connectivity index (χ4v) is 3.56. The van der Waals surface area contributed by atoms with E-state index in [1.807, 2.05) is 0 Å². The third-order valence-electron chi connectivity index (χ3n) is 3.61. The van der Waals surface area contributed by atoms with Gasteiger partial charge in [-0.15, -0.1) is 0 Å². The first kappa shape index (κ1) is 12.7. The van der Waals surface area contributed by atoms with Gasteiger partial charge in [0.25, 0.3) is 0 Å². The van der Waals surface area contributed by atoms with E-state index in [4.69, 9.17) is 0 Å². The maximum Gasteiger partial charge on any atom is 0.0166 e. The summed E-state index contributed by atoms with van der Waals surface area (Å²) < 4.78 is 0. The Labute approximate surface area is 104 Å². The Morgan fingerprint density at radius 1 is 1.25 bits per heavy atom. The monoisotopic (exact) mass is 243 g/mol. The number of thioether (sulfide) groups is 1. The molecule has 0 aromatic carbocycles. The third-order valence-corrected chi connectivity index (χ3v) is 4.77. The maximum absolute atomic E-state index is 3.67. The zero-order valence-corrected chi connectivity index (χ0v) is 11.3. The molecule has 16 heavy (non-hydrogen) atoms. The lowest BCUT2D eigenvalue weighted by molar-refractivity contribution is 0.152. The highest BCUT2D eigenvalue weighted by atomic mass is 32.2. The minimum absolute atomic E-state index is 0.803. The van der Waals surface area contributed by atoms with Crippen molar-refractivity contribution in [2.45, 2.75) is 18.9 Å². The lowest BCUT2D eigenvalue weighted by atomic mass is 10.2. The number of hydrogen-bond donors (Lipinski definition) is 1. The Kier molecular flexibility index (Phi) is 5.42. The molecule has 1 atom stereocenters. The van der Waals surface area contributed by atoms with E-state index >= 15 is 0 Å². The molecule has 0 radical (unpaired) electrons. The van der Waals surface area contributed by atoms with Crippen LogP contribution in [0.25, 0.3) is 0 Å². The topological polar surface area (TPSA) is 18.5 Å². The van der Waals surface area contributed by atoms with Crippen LogP contribution in [0.3, 0.4) is 0 Å². The van der Waals surface area contributed by atoms with Crippen LogP contribution in [0, 0.1) is 0 Å². The average Bonchev–Trinajstić information content (AvgIpc) is 2.80. The second-order valence-corrected chi connectivity index (χ2v) is 6.16. The van der Waals surface area contributed by atoms with Gasteiger partial charge in [-0.05, 0) is 38.7 Å². The van der Waals surface area contributed by atoms with Gasteiger partial charge < -0.3 is 15.1 Å². The van der Waals surface area contributed by atoms with E-state index in [-0.39, 0.29) is 0 Å². The van der Waals surface area contributed by atoms with Gasteiger partial charge in [0.1, 0.15) is 0 Å². The average molecular weight is 243 g/mol. The Bertz CT molecular complexity index is 187. The van der Waals surface area contributed by atoms with Crippen LogP contribution in [0.1, 0.15) is 12.8 Å². The summed E-state index contributed by atoms with van der Waals surface area (Å²) in [4.78, 5) is 5.02. The van der Waals surface area contributed by atoms with Crippen LogP contribution >= 0.6 is 11.8 Å². The van der Waals surface area contributed by atoms with Crippen molar-refractivity contribution in [3.63, 3.8) is 0 Å². The molecule has 0 saturated carbocycles. The number of piperazine rings is 1. The van der Waals surface area contributed by atoms with Gasteiger partial charge in [0.05, 0.1) is 0 Å². The van der Waals surface area contributed by atoms with Crippen LogP contribution in [-0.4, -0.2) is 73.7 Å². The van der Waals surface area contributed by atoms with Crippen molar-refractivity contribution >= 4 is 11.8 Å². The van der Waals surface area contributed by atoms with Crippen LogP contribution in [0.2, 0.25) is 0 Å². The molecule has 2 heterocycles. The lowest BCUT2D eigenvalue weighted by Crippen LogP contribution is -2.45. The smallest absolute Gasteiger partial charge is 0.0166 e. The number of likely N-dealkylation sites (N-methyl/N-ethyl adjacent to an activating group) is 1. The zero-order chi connectivity index (χ0) is 11.2. The van der Waals surface area contributed by atoms with Crippen LogP contribution in [0.5, 0.6) is 0 Å². The van der Waals surface area contributed by atoms with Gasteiger partial charge in [-0.25, -0.2) is 0 Å².